The number of rotatable bonds is 7. The fourth-order valence-electron chi connectivity index (χ4n) is 4.03. The summed E-state index contributed by atoms with van der Waals surface area (Å²) in [6.07, 6.45) is 1.42. The molecule has 1 fully saturated rings. The second-order valence-electron chi connectivity index (χ2n) is 7.32. The van der Waals surface area contributed by atoms with E-state index in [1.165, 1.54) is 12.1 Å². The number of aromatic nitrogens is 2. The first-order valence-electron chi connectivity index (χ1n) is 10.00. The minimum absolute atomic E-state index is 0.0698. The number of hydrogen-bond donors (Lipinski definition) is 1. The van der Waals surface area contributed by atoms with Crippen LogP contribution in [0.1, 0.15) is 39.7 Å². The van der Waals surface area contributed by atoms with E-state index in [2.05, 4.69) is 16.8 Å². The summed E-state index contributed by atoms with van der Waals surface area (Å²) in [7, 11) is 0. The molecule has 1 amide bonds. The molecular weight excluding hydrogens is 363 g/mol. The molecule has 1 aromatic carbocycles. The number of likely N-dealkylation sites (N-methyl/N-ethyl adjacent to an activating group) is 1. The van der Waals surface area contributed by atoms with Gasteiger partial charge in [0.1, 0.15) is 5.82 Å². The first-order valence-corrected chi connectivity index (χ1v) is 10.00. The Labute approximate surface area is 164 Å². The highest BCUT2D eigenvalue weighted by Crippen LogP contribution is 2.21. The zero-order valence-corrected chi connectivity index (χ0v) is 16.8. The summed E-state index contributed by atoms with van der Waals surface area (Å²) in [5, 5.41) is 0. The number of nitrogens with one attached hydrogen (secondary N) is 1. The summed E-state index contributed by atoms with van der Waals surface area (Å²) in [4.78, 5) is 31.2. The Hall–Kier alpha value is -2.35. The number of carbonyl (C=O) groups excluding carboxylic acids is 1. The van der Waals surface area contributed by atoms with Crippen LogP contribution in [0, 0.1) is 5.82 Å². The van der Waals surface area contributed by atoms with Gasteiger partial charge in [0.15, 0.2) is 0 Å². The van der Waals surface area contributed by atoms with Crippen molar-refractivity contribution in [3.63, 3.8) is 0 Å². The summed E-state index contributed by atoms with van der Waals surface area (Å²) in [6, 6.07) is 4.56. The second-order valence-corrected chi connectivity index (χ2v) is 7.32. The summed E-state index contributed by atoms with van der Waals surface area (Å²) in [6.45, 7) is 9.31. The Morgan fingerprint density at radius 2 is 2.21 bits per heavy atom. The normalized spacial score (nSPS) is 18.2. The van der Waals surface area contributed by atoms with Crippen molar-refractivity contribution in [2.45, 2.75) is 45.7 Å². The molecule has 1 aliphatic heterocycles. The monoisotopic (exact) mass is 392 g/mol. The fraction of sp³-hybridized carbons (Fsp3) is 0.600. The number of fused-ring (bicyclic) bond motifs is 1. The predicted octanol–water partition coefficient (Wildman–Crippen LogP) is 2.97. The first-order chi connectivity index (χ1) is 13.4. The largest absolute Gasteiger partial charge is 0.450 e. The minimum Gasteiger partial charge on any atom is -0.450 e. The van der Waals surface area contributed by atoms with Gasteiger partial charge in [-0.1, -0.05) is 6.92 Å². The topological polar surface area (TPSA) is 70.6 Å². The molecular formula is C20H29FN4O3. The number of aromatic amines is 1. The van der Waals surface area contributed by atoms with Crippen molar-refractivity contribution >= 4 is 17.1 Å². The lowest BCUT2D eigenvalue weighted by atomic mass is 10.1. The Bertz CT molecular complexity index is 878. The smallest absolute Gasteiger partial charge is 0.409 e. The zero-order valence-electron chi connectivity index (χ0n) is 16.8. The van der Waals surface area contributed by atoms with Crippen molar-refractivity contribution in [3.05, 3.63) is 34.5 Å². The van der Waals surface area contributed by atoms with Crippen molar-refractivity contribution in [2.24, 2.45) is 0 Å². The van der Waals surface area contributed by atoms with Crippen molar-refractivity contribution < 1.29 is 13.9 Å². The third-order valence-electron chi connectivity index (χ3n) is 5.57. The quantitative estimate of drug-likeness (QED) is 0.786. The predicted molar refractivity (Wildman–Crippen MR) is 106 cm³/mol. The maximum Gasteiger partial charge on any atom is 0.409 e. The standard InChI is InChI=1S/C20H29FN4O3/c1-4-23(16-9-11-24(13-16)20(27)28-5-2)10-8-14(3)25-18-12-15(21)6-7-17(18)22-19(25)26/h6-7,12,14,16H,4-5,8-11,13H2,1-3H3,(H,22,26). The summed E-state index contributed by atoms with van der Waals surface area (Å²) >= 11 is 0. The van der Waals surface area contributed by atoms with Gasteiger partial charge in [-0.05, 0) is 51.4 Å². The van der Waals surface area contributed by atoms with Gasteiger partial charge in [-0.3, -0.25) is 9.47 Å². The summed E-state index contributed by atoms with van der Waals surface area (Å²) < 4.78 is 20.4. The van der Waals surface area contributed by atoms with E-state index in [1.807, 2.05) is 13.8 Å². The van der Waals surface area contributed by atoms with Crippen LogP contribution in [0.3, 0.4) is 0 Å². The van der Waals surface area contributed by atoms with Crippen LogP contribution < -0.4 is 5.69 Å². The summed E-state index contributed by atoms with van der Waals surface area (Å²) in [5.41, 5.74) is 1.02. The van der Waals surface area contributed by atoms with Crippen molar-refractivity contribution in [1.29, 1.82) is 0 Å². The SMILES string of the molecule is CCOC(=O)N1CCC(N(CC)CCC(C)n2c(=O)[nH]c3ccc(F)cc32)C1. The molecule has 3 rings (SSSR count). The van der Waals surface area contributed by atoms with E-state index in [4.69, 9.17) is 4.74 Å². The lowest BCUT2D eigenvalue weighted by Gasteiger charge is -2.29. The summed E-state index contributed by atoms with van der Waals surface area (Å²) in [5.74, 6) is -0.354. The lowest BCUT2D eigenvalue weighted by molar-refractivity contribution is 0.111. The average molecular weight is 392 g/mol. The van der Waals surface area contributed by atoms with Crippen molar-refractivity contribution in [3.8, 4) is 0 Å². The van der Waals surface area contributed by atoms with Gasteiger partial charge in [0.05, 0.1) is 17.6 Å². The van der Waals surface area contributed by atoms with E-state index < -0.39 is 0 Å². The molecule has 0 spiro atoms. The number of carbonyl (C=O) groups is 1. The van der Waals surface area contributed by atoms with Crippen LogP contribution in [0.5, 0.6) is 0 Å². The molecule has 1 aliphatic rings. The van der Waals surface area contributed by atoms with E-state index >= 15 is 0 Å². The van der Waals surface area contributed by atoms with E-state index in [0.29, 0.717) is 36.8 Å². The van der Waals surface area contributed by atoms with Gasteiger partial charge in [0, 0.05) is 31.7 Å². The van der Waals surface area contributed by atoms with E-state index in [0.717, 1.165) is 25.9 Å². The molecule has 0 bridgehead atoms. The number of amides is 1. The number of benzene rings is 1. The van der Waals surface area contributed by atoms with Crippen LogP contribution in [0.15, 0.2) is 23.0 Å². The fourth-order valence-corrected chi connectivity index (χ4v) is 4.03. The maximum absolute atomic E-state index is 13.6. The third-order valence-corrected chi connectivity index (χ3v) is 5.57. The van der Waals surface area contributed by atoms with Gasteiger partial charge in [-0.25, -0.2) is 14.0 Å². The van der Waals surface area contributed by atoms with Gasteiger partial charge < -0.3 is 14.6 Å². The molecule has 8 heteroatoms. The average Bonchev–Trinajstić information content (AvgIpc) is 3.26. The van der Waals surface area contributed by atoms with Gasteiger partial charge in [-0.2, -0.15) is 0 Å². The maximum atomic E-state index is 13.6. The molecule has 2 aromatic rings. The Kier molecular flexibility index (Phi) is 6.39. The van der Waals surface area contributed by atoms with Crippen LogP contribution in [-0.4, -0.2) is 64.3 Å². The number of H-pyrrole nitrogens is 1. The zero-order chi connectivity index (χ0) is 20.3. The highest BCUT2D eigenvalue weighted by molar-refractivity contribution is 5.75. The number of imidazole rings is 1. The van der Waals surface area contributed by atoms with Crippen LogP contribution in [-0.2, 0) is 4.74 Å². The molecule has 0 aliphatic carbocycles. The van der Waals surface area contributed by atoms with Crippen LogP contribution in [0.2, 0.25) is 0 Å². The van der Waals surface area contributed by atoms with E-state index in [9.17, 15) is 14.0 Å². The van der Waals surface area contributed by atoms with Crippen molar-refractivity contribution in [2.75, 3.05) is 32.8 Å². The number of likely N-dealkylation sites (tertiary alicyclic amines) is 1. The number of ether oxygens (including phenoxy) is 1. The highest BCUT2D eigenvalue weighted by atomic mass is 19.1. The minimum atomic E-state index is -0.354. The Morgan fingerprint density at radius 3 is 2.93 bits per heavy atom. The van der Waals surface area contributed by atoms with Crippen LogP contribution >= 0.6 is 0 Å². The van der Waals surface area contributed by atoms with Crippen LogP contribution in [0.4, 0.5) is 9.18 Å². The molecule has 2 heterocycles. The Morgan fingerprint density at radius 1 is 1.43 bits per heavy atom. The molecule has 1 N–H and O–H groups in total. The first kappa shape index (κ1) is 20.4. The van der Waals surface area contributed by atoms with Gasteiger partial charge in [0.25, 0.3) is 0 Å². The van der Waals surface area contributed by atoms with Gasteiger partial charge in [0.2, 0.25) is 0 Å². The van der Waals surface area contributed by atoms with Gasteiger partial charge >= 0.3 is 11.8 Å². The molecule has 2 unspecified atom stereocenters. The molecule has 2 atom stereocenters. The third kappa shape index (κ3) is 4.22. The molecule has 28 heavy (non-hydrogen) atoms. The highest BCUT2D eigenvalue weighted by Gasteiger charge is 2.30. The van der Waals surface area contributed by atoms with Crippen molar-refractivity contribution in [1.82, 2.24) is 19.4 Å². The molecule has 0 radical (unpaired) electrons. The lowest BCUT2D eigenvalue weighted by Crippen LogP contribution is -2.40. The number of hydrogen-bond acceptors (Lipinski definition) is 4. The van der Waals surface area contributed by atoms with E-state index in [1.54, 1.807) is 15.5 Å². The Balaban J connectivity index is 1.64. The molecule has 1 saturated heterocycles. The number of nitrogens with zero attached hydrogens (tertiary/aromatic N) is 3. The molecule has 1 aromatic heterocycles. The molecule has 0 saturated carbocycles. The van der Waals surface area contributed by atoms with Gasteiger partial charge in [-0.15, -0.1) is 0 Å². The second kappa shape index (κ2) is 8.77. The van der Waals surface area contributed by atoms with Crippen LogP contribution in [0.25, 0.3) is 11.0 Å². The molecule has 7 nitrogen and oxygen atoms in total. The van der Waals surface area contributed by atoms with E-state index in [-0.39, 0.29) is 23.6 Å². The molecule has 154 valence electrons. The number of halogens is 1.